The Kier molecular flexibility index (Phi) is 3.21. The SMILES string of the molecule is Cc1ccc(-n2c(CCl)nc3ccc(Cl)cc32)cc1. The summed E-state index contributed by atoms with van der Waals surface area (Å²) in [6, 6.07) is 13.9. The molecule has 2 nitrogen and oxygen atoms in total. The van der Waals surface area contributed by atoms with Crippen molar-refractivity contribution in [3.63, 3.8) is 0 Å². The number of aromatic nitrogens is 2. The lowest BCUT2D eigenvalue weighted by atomic mass is 10.2. The highest BCUT2D eigenvalue weighted by molar-refractivity contribution is 6.31. The van der Waals surface area contributed by atoms with Gasteiger partial charge in [0.1, 0.15) is 5.82 Å². The van der Waals surface area contributed by atoms with Gasteiger partial charge in [0.15, 0.2) is 0 Å². The van der Waals surface area contributed by atoms with Gasteiger partial charge in [0, 0.05) is 10.7 Å². The van der Waals surface area contributed by atoms with Crippen molar-refractivity contribution in [2.24, 2.45) is 0 Å². The summed E-state index contributed by atoms with van der Waals surface area (Å²) >= 11 is 12.1. The molecule has 0 N–H and O–H groups in total. The zero-order valence-corrected chi connectivity index (χ0v) is 11.9. The van der Waals surface area contributed by atoms with Crippen molar-refractivity contribution < 1.29 is 0 Å². The number of alkyl halides is 1. The zero-order valence-electron chi connectivity index (χ0n) is 10.4. The Balaban J connectivity index is 2.31. The van der Waals surface area contributed by atoms with Crippen LogP contribution in [0.3, 0.4) is 0 Å². The van der Waals surface area contributed by atoms with Crippen LogP contribution in [0.2, 0.25) is 5.02 Å². The third-order valence-corrected chi connectivity index (χ3v) is 3.57. The summed E-state index contributed by atoms with van der Waals surface area (Å²) in [7, 11) is 0. The molecule has 96 valence electrons. The number of aryl methyl sites for hydroxylation is 1. The molecular weight excluding hydrogens is 279 g/mol. The Hall–Kier alpha value is -1.51. The van der Waals surface area contributed by atoms with E-state index >= 15 is 0 Å². The van der Waals surface area contributed by atoms with Crippen molar-refractivity contribution in [2.75, 3.05) is 0 Å². The van der Waals surface area contributed by atoms with E-state index < -0.39 is 0 Å². The van der Waals surface area contributed by atoms with Gasteiger partial charge >= 0.3 is 0 Å². The van der Waals surface area contributed by atoms with E-state index in [0.29, 0.717) is 10.9 Å². The second-order valence-corrected chi connectivity index (χ2v) is 5.17. The molecule has 1 heterocycles. The molecule has 2 aromatic carbocycles. The molecule has 0 atom stereocenters. The summed E-state index contributed by atoms with van der Waals surface area (Å²) in [5.41, 5.74) is 4.15. The maximum atomic E-state index is 6.08. The molecule has 3 rings (SSSR count). The van der Waals surface area contributed by atoms with E-state index in [0.717, 1.165) is 22.5 Å². The first kappa shape index (κ1) is 12.5. The monoisotopic (exact) mass is 290 g/mol. The Bertz CT molecular complexity index is 730. The van der Waals surface area contributed by atoms with Crippen molar-refractivity contribution in [1.29, 1.82) is 0 Å². The molecular formula is C15H12Cl2N2. The van der Waals surface area contributed by atoms with E-state index in [1.165, 1.54) is 5.56 Å². The minimum atomic E-state index is 0.361. The fraction of sp³-hybridized carbons (Fsp3) is 0.133. The van der Waals surface area contributed by atoms with Crippen LogP contribution in [0, 0.1) is 6.92 Å². The Morgan fingerprint density at radius 3 is 2.53 bits per heavy atom. The maximum Gasteiger partial charge on any atom is 0.129 e. The molecule has 0 saturated carbocycles. The summed E-state index contributed by atoms with van der Waals surface area (Å²) in [4.78, 5) is 4.54. The van der Waals surface area contributed by atoms with Gasteiger partial charge in [0.25, 0.3) is 0 Å². The van der Waals surface area contributed by atoms with E-state index in [-0.39, 0.29) is 0 Å². The van der Waals surface area contributed by atoms with Crippen LogP contribution >= 0.6 is 23.2 Å². The summed E-state index contributed by atoms with van der Waals surface area (Å²) in [6.45, 7) is 2.06. The molecule has 1 aromatic heterocycles. The smallest absolute Gasteiger partial charge is 0.129 e. The maximum absolute atomic E-state index is 6.08. The number of hydrogen-bond donors (Lipinski definition) is 0. The lowest BCUT2D eigenvalue weighted by Gasteiger charge is -2.08. The van der Waals surface area contributed by atoms with Gasteiger partial charge in [-0.15, -0.1) is 11.6 Å². The van der Waals surface area contributed by atoms with E-state index in [1.807, 2.05) is 22.8 Å². The molecule has 0 aliphatic heterocycles. The van der Waals surface area contributed by atoms with Crippen LogP contribution < -0.4 is 0 Å². The van der Waals surface area contributed by atoms with Crippen molar-refractivity contribution >= 4 is 34.2 Å². The quantitative estimate of drug-likeness (QED) is 0.624. The molecule has 3 aromatic rings. The fourth-order valence-corrected chi connectivity index (χ4v) is 2.52. The Morgan fingerprint density at radius 1 is 1.11 bits per heavy atom. The number of benzene rings is 2. The van der Waals surface area contributed by atoms with Crippen molar-refractivity contribution in [3.05, 3.63) is 58.9 Å². The highest BCUT2D eigenvalue weighted by Crippen LogP contribution is 2.25. The van der Waals surface area contributed by atoms with E-state index in [2.05, 4.69) is 36.2 Å². The third kappa shape index (κ3) is 2.22. The van der Waals surface area contributed by atoms with Crippen LogP contribution in [0.1, 0.15) is 11.4 Å². The van der Waals surface area contributed by atoms with Crippen LogP contribution in [-0.4, -0.2) is 9.55 Å². The highest BCUT2D eigenvalue weighted by atomic mass is 35.5. The Labute approximate surface area is 121 Å². The van der Waals surface area contributed by atoms with E-state index in [1.54, 1.807) is 0 Å². The molecule has 0 bridgehead atoms. The lowest BCUT2D eigenvalue weighted by Crippen LogP contribution is -1.99. The first-order valence-corrected chi connectivity index (χ1v) is 6.90. The average Bonchev–Trinajstić information content (AvgIpc) is 2.77. The molecule has 0 saturated heterocycles. The summed E-state index contributed by atoms with van der Waals surface area (Å²) < 4.78 is 2.05. The van der Waals surface area contributed by atoms with Gasteiger partial charge in [-0.05, 0) is 37.3 Å². The first-order valence-electron chi connectivity index (χ1n) is 5.99. The van der Waals surface area contributed by atoms with Gasteiger partial charge in [0.05, 0.1) is 16.9 Å². The van der Waals surface area contributed by atoms with Crippen molar-refractivity contribution in [3.8, 4) is 5.69 Å². The van der Waals surface area contributed by atoms with E-state index in [4.69, 9.17) is 23.2 Å². The summed E-state index contributed by atoms with van der Waals surface area (Å²) in [6.07, 6.45) is 0. The predicted molar refractivity (Wildman–Crippen MR) is 80.4 cm³/mol. The van der Waals surface area contributed by atoms with Crippen LogP contribution in [0.4, 0.5) is 0 Å². The number of halogens is 2. The van der Waals surface area contributed by atoms with Gasteiger partial charge in [-0.25, -0.2) is 4.98 Å². The third-order valence-electron chi connectivity index (χ3n) is 3.10. The van der Waals surface area contributed by atoms with Gasteiger partial charge < -0.3 is 0 Å². The van der Waals surface area contributed by atoms with Crippen LogP contribution in [-0.2, 0) is 5.88 Å². The zero-order chi connectivity index (χ0) is 13.4. The highest BCUT2D eigenvalue weighted by Gasteiger charge is 2.11. The molecule has 0 fully saturated rings. The molecule has 0 aliphatic rings. The fourth-order valence-electron chi connectivity index (χ4n) is 2.17. The van der Waals surface area contributed by atoms with Gasteiger partial charge in [0.2, 0.25) is 0 Å². The second-order valence-electron chi connectivity index (χ2n) is 4.47. The predicted octanol–water partition coefficient (Wildman–Crippen LogP) is 4.73. The standard InChI is InChI=1S/C15H12Cl2N2/c1-10-2-5-12(6-3-10)19-14-8-11(17)4-7-13(14)18-15(19)9-16/h2-8H,9H2,1H3. The van der Waals surface area contributed by atoms with Crippen LogP contribution in [0.25, 0.3) is 16.7 Å². The number of imidazole rings is 1. The van der Waals surface area contributed by atoms with Gasteiger partial charge in [-0.1, -0.05) is 29.3 Å². The van der Waals surface area contributed by atoms with Crippen LogP contribution in [0.5, 0.6) is 0 Å². The first-order chi connectivity index (χ1) is 9.19. The van der Waals surface area contributed by atoms with E-state index in [9.17, 15) is 0 Å². The molecule has 0 radical (unpaired) electrons. The van der Waals surface area contributed by atoms with Crippen molar-refractivity contribution in [1.82, 2.24) is 9.55 Å². The minimum absolute atomic E-state index is 0.361. The lowest BCUT2D eigenvalue weighted by molar-refractivity contribution is 0.981. The second kappa shape index (κ2) is 4.87. The molecule has 19 heavy (non-hydrogen) atoms. The molecule has 4 heteroatoms. The normalized spacial score (nSPS) is 11.1. The van der Waals surface area contributed by atoms with Crippen molar-refractivity contribution in [2.45, 2.75) is 12.8 Å². The number of nitrogens with zero attached hydrogens (tertiary/aromatic N) is 2. The topological polar surface area (TPSA) is 17.8 Å². The largest absolute Gasteiger partial charge is 0.295 e. The number of hydrogen-bond acceptors (Lipinski definition) is 1. The van der Waals surface area contributed by atoms with Gasteiger partial charge in [-0.3, -0.25) is 4.57 Å². The summed E-state index contributed by atoms with van der Waals surface area (Å²) in [5, 5.41) is 0.696. The minimum Gasteiger partial charge on any atom is -0.295 e. The molecule has 0 unspecified atom stereocenters. The Morgan fingerprint density at radius 2 is 1.84 bits per heavy atom. The molecule has 0 spiro atoms. The number of fused-ring (bicyclic) bond motifs is 1. The average molecular weight is 291 g/mol. The van der Waals surface area contributed by atoms with Crippen LogP contribution in [0.15, 0.2) is 42.5 Å². The molecule has 0 amide bonds. The van der Waals surface area contributed by atoms with Gasteiger partial charge in [-0.2, -0.15) is 0 Å². The summed E-state index contributed by atoms with van der Waals surface area (Å²) in [5.74, 6) is 1.18. The number of rotatable bonds is 2. The molecule has 0 aliphatic carbocycles.